The van der Waals surface area contributed by atoms with Crippen LogP contribution in [0.3, 0.4) is 0 Å². The topological polar surface area (TPSA) is 32.3 Å². The van der Waals surface area contributed by atoms with Crippen molar-refractivity contribution in [3.63, 3.8) is 0 Å². The highest BCUT2D eigenvalue weighted by atomic mass is 16.1. The van der Waals surface area contributed by atoms with E-state index in [2.05, 4.69) is 40.5 Å². The molecule has 0 saturated carbocycles. The maximum Gasteiger partial charge on any atom is 0.224 e. The van der Waals surface area contributed by atoms with Crippen LogP contribution in [0.1, 0.15) is 24.0 Å². The van der Waals surface area contributed by atoms with Crippen LogP contribution in [-0.2, 0) is 17.6 Å². The van der Waals surface area contributed by atoms with Crippen molar-refractivity contribution < 1.29 is 4.79 Å². The molecule has 0 aromatic heterocycles. The molecule has 3 heteroatoms. The smallest absolute Gasteiger partial charge is 0.224 e. The molecule has 1 heterocycles. The van der Waals surface area contributed by atoms with Gasteiger partial charge in [0.15, 0.2) is 0 Å². The molecule has 3 nitrogen and oxygen atoms in total. The van der Waals surface area contributed by atoms with Crippen LogP contribution in [0.5, 0.6) is 0 Å². The highest BCUT2D eigenvalue weighted by Crippen LogP contribution is 2.08. The molecule has 1 aliphatic heterocycles. The minimum absolute atomic E-state index is 0.0520. The molecule has 1 amide bonds. The molecule has 1 N–H and O–H groups in total. The first-order chi connectivity index (χ1) is 11.8. The second-order valence-electron chi connectivity index (χ2n) is 6.12. The van der Waals surface area contributed by atoms with Crippen molar-refractivity contribution in [3.8, 4) is 0 Å². The van der Waals surface area contributed by atoms with Crippen LogP contribution in [0.2, 0.25) is 0 Å². The summed E-state index contributed by atoms with van der Waals surface area (Å²) < 4.78 is 0. The average molecular weight is 324 g/mol. The maximum atomic E-state index is 10.9. The van der Waals surface area contributed by atoms with E-state index in [0.29, 0.717) is 6.42 Å². The molecule has 1 aliphatic rings. The lowest BCUT2D eigenvalue weighted by atomic mass is 10.1. The minimum atomic E-state index is 0.0520. The molecular formula is C21H28N2O. The average Bonchev–Trinajstić information content (AvgIpc) is 3.16. The predicted octanol–water partition coefficient (Wildman–Crippen LogP) is 3.30. The summed E-state index contributed by atoms with van der Waals surface area (Å²) in [5.41, 5.74) is 2.52. The van der Waals surface area contributed by atoms with Crippen LogP contribution < -0.4 is 5.32 Å². The first-order valence-electron chi connectivity index (χ1n) is 8.78. The number of carbonyl (C=O) groups excluding carboxylic acids is 1. The molecule has 1 fully saturated rings. The Labute approximate surface area is 145 Å². The number of likely N-dealkylation sites (tertiary alicyclic amines) is 1. The molecule has 0 bridgehead atoms. The van der Waals surface area contributed by atoms with Crippen LogP contribution in [0.15, 0.2) is 60.7 Å². The predicted molar refractivity (Wildman–Crippen MR) is 100 cm³/mol. The van der Waals surface area contributed by atoms with Crippen LogP contribution in [0.4, 0.5) is 0 Å². The van der Waals surface area contributed by atoms with Crippen LogP contribution in [0.25, 0.3) is 0 Å². The number of hydrogen-bond acceptors (Lipinski definition) is 2. The lowest BCUT2D eigenvalue weighted by Gasteiger charge is -2.13. The summed E-state index contributed by atoms with van der Waals surface area (Å²) in [5, 5.41) is 2.57. The summed E-state index contributed by atoms with van der Waals surface area (Å²) in [5.74, 6) is 0.0520. The molecular weight excluding hydrogens is 296 g/mol. The Morgan fingerprint density at radius 1 is 0.917 bits per heavy atom. The number of benzene rings is 2. The van der Waals surface area contributed by atoms with Gasteiger partial charge in [-0.3, -0.25) is 4.79 Å². The van der Waals surface area contributed by atoms with Crippen LogP contribution in [0, 0.1) is 0 Å². The van der Waals surface area contributed by atoms with Gasteiger partial charge < -0.3 is 10.2 Å². The number of carbonyl (C=O) groups is 1. The highest BCUT2D eigenvalue weighted by molar-refractivity contribution is 5.78. The first-order valence-corrected chi connectivity index (χ1v) is 8.78. The Kier molecular flexibility index (Phi) is 8.05. The Balaban J connectivity index is 0.000000177. The Bertz CT molecular complexity index is 577. The van der Waals surface area contributed by atoms with Crippen molar-refractivity contribution in [1.82, 2.24) is 10.2 Å². The third kappa shape index (κ3) is 6.97. The number of likely N-dealkylation sites (N-methyl/N-ethyl adjacent to an activating group) is 1. The Hall–Kier alpha value is -2.13. The largest absolute Gasteiger partial charge is 0.359 e. The standard InChI is InChI=1S/C12H17N.C9H11NO/c1-2-6-12(7-3-1)8-11-13-9-4-5-10-13;1-10-9(11)7-8-5-3-2-4-6-8/h1-3,6-7H,4-5,8-11H2;2-6H,7H2,1H3,(H,10,11). The van der Waals surface area contributed by atoms with E-state index in [0.717, 1.165) is 5.56 Å². The summed E-state index contributed by atoms with van der Waals surface area (Å²) >= 11 is 0. The van der Waals surface area contributed by atoms with Gasteiger partial charge in [0, 0.05) is 13.6 Å². The molecule has 24 heavy (non-hydrogen) atoms. The van der Waals surface area contributed by atoms with Crippen molar-refractivity contribution in [1.29, 1.82) is 0 Å². The van der Waals surface area contributed by atoms with E-state index >= 15 is 0 Å². The number of nitrogens with zero attached hydrogens (tertiary/aromatic N) is 1. The second kappa shape index (κ2) is 10.6. The second-order valence-corrected chi connectivity index (χ2v) is 6.12. The summed E-state index contributed by atoms with van der Waals surface area (Å²) in [6.45, 7) is 3.86. The van der Waals surface area contributed by atoms with E-state index in [1.54, 1.807) is 7.05 Å². The monoisotopic (exact) mass is 324 g/mol. The van der Waals surface area contributed by atoms with E-state index in [1.807, 2.05) is 30.3 Å². The van der Waals surface area contributed by atoms with Gasteiger partial charge in [-0.1, -0.05) is 60.7 Å². The zero-order chi connectivity index (χ0) is 17.0. The quantitative estimate of drug-likeness (QED) is 0.915. The molecule has 0 aliphatic carbocycles. The highest BCUT2D eigenvalue weighted by Gasteiger charge is 2.10. The molecule has 2 aromatic rings. The van der Waals surface area contributed by atoms with E-state index in [9.17, 15) is 4.79 Å². The van der Waals surface area contributed by atoms with Gasteiger partial charge >= 0.3 is 0 Å². The molecule has 1 saturated heterocycles. The lowest BCUT2D eigenvalue weighted by Crippen LogP contribution is -2.21. The summed E-state index contributed by atoms with van der Waals surface area (Å²) in [7, 11) is 1.64. The summed E-state index contributed by atoms with van der Waals surface area (Å²) in [4.78, 5) is 13.4. The summed E-state index contributed by atoms with van der Waals surface area (Å²) in [6.07, 6.45) is 4.47. The Morgan fingerprint density at radius 3 is 2.00 bits per heavy atom. The number of hydrogen-bond donors (Lipinski definition) is 1. The van der Waals surface area contributed by atoms with Gasteiger partial charge in [0.05, 0.1) is 6.42 Å². The van der Waals surface area contributed by atoms with Gasteiger partial charge in [0.2, 0.25) is 5.91 Å². The fraction of sp³-hybridized carbons (Fsp3) is 0.381. The van der Waals surface area contributed by atoms with Gasteiger partial charge in [0.25, 0.3) is 0 Å². The first kappa shape index (κ1) is 18.2. The van der Waals surface area contributed by atoms with Crippen molar-refractivity contribution in [3.05, 3.63) is 71.8 Å². The van der Waals surface area contributed by atoms with Crippen molar-refractivity contribution >= 4 is 5.91 Å². The third-order valence-corrected chi connectivity index (χ3v) is 4.24. The van der Waals surface area contributed by atoms with E-state index in [-0.39, 0.29) is 5.91 Å². The fourth-order valence-corrected chi connectivity index (χ4v) is 2.81. The number of rotatable bonds is 5. The molecule has 0 unspecified atom stereocenters. The zero-order valence-electron chi connectivity index (χ0n) is 14.6. The van der Waals surface area contributed by atoms with Gasteiger partial charge in [-0.15, -0.1) is 0 Å². The Morgan fingerprint density at radius 2 is 1.46 bits per heavy atom. The van der Waals surface area contributed by atoms with E-state index < -0.39 is 0 Å². The number of amides is 1. The number of nitrogens with one attached hydrogen (secondary N) is 1. The maximum absolute atomic E-state index is 10.9. The van der Waals surface area contributed by atoms with Crippen molar-refractivity contribution in [2.75, 3.05) is 26.7 Å². The minimum Gasteiger partial charge on any atom is -0.359 e. The normalized spacial score (nSPS) is 13.9. The van der Waals surface area contributed by atoms with Crippen molar-refractivity contribution in [2.45, 2.75) is 25.7 Å². The van der Waals surface area contributed by atoms with Gasteiger partial charge in [0.1, 0.15) is 0 Å². The molecule has 128 valence electrons. The fourth-order valence-electron chi connectivity index (χ4n) is 2.81. The third-order valence-electron chi connectivity index (χ3n) is 4.24. The molecule has 0 radical (unpaired) electrons. The van der Waals surface area contributed by atoms with E-state index in [1.165, 1.54) is 44.5 Å². The van der Waals surface area contributed by atoms with Crippen molar-refractivity contribution in [2.24, 2.45) is 0 Å². The summed E-state index contributed by atoms with van der Waals surface area (Å²) in [6, 6.07) is 20.4. The molecule has 2 aromatic carbocycles. The van der Waals surface area contributed by atoms with Crippen LogP contribution in [-0.4, -0.2) is 37.5 Å². The van der Waals surface area contributed by atoms with Crippen LogP contribution >= 0.6 is 0 Å². The molecule has 0 atom stereocenters. The molecule has 3 rings (SSSR count). The van der Waals surface area contributed by atoms with Gasteiger partial charge in [-0.2, -0.15) is 0 Å². The lowest BCUT2D eigenvalue weighted by molar-refractivity contribution is -0.119. The zero-order valence-corrected chi connectivity index (χ0v) is 14.6. The van der Waals surface area contributed by atoms with E-state index in [4.69, 9.17) is 0 Å². The van der Waals surface area contributed by atoms with Gasteiger partial charge in [-0.25, -0.2) is 0 Å². The SMILES string of the molecule is CNC(=O)Cc1ccccc1.c1ccc(CCN2CCCC2)cc1. The van der Waals surface area contributed by atoms with Gasteiger partial charge in [-0.05, 0) is 43.5 Å². The molecule has 0 spiro atoms.